The Morgan fingerprint density at radius 2 is 2.31 bits per heavy atom. The van der Waals surface area contributed by atoms with Crippen LogP contribution in [0.25, 0.3) is 0 Å². The van der Waals surface area contributed by atoms with Gasteiger partial charge in [0.25, 0.3) is 0 Å². The van der Waals surface area contributed by atoms with Crippen molar-refractivity contribution in [3.05, 3.63) is 16.6 Å². The van der Waals surface area contributed by atoms with E-state index in [9.17, 15) is 4.79 Å². The maximum absolute atomic E-state index is 11.4. The van der Waals surface area contributed by atoms with Crippen LogP contribution >= 0.6 is 11.3 Å². The third-order valence-corrected chi connectivity index (χ3v) is 2.36. The molecule has 0 fully saturated rings. The minimum absolute atomic E-state index is 0.0521. The number of methoxy groups -OCH3 is 2. The maximum atomic E-state index is 11.4. The first-order valence-electron chi connectivity index (χ1n) is 3.76. The normalized spacial score (nSPS) is 10.7. The van der Waals surface area contributed by atoms with Crippen LogP contribution in [0.2, 0.25) is 0 Å². The van der Waals surface area contributed by atoms with Gasteiger partial charge in [-0.1, -0.05) is 0 Å². The van der Waals surface area contributed by atoms with Crippen molar-refractivity contribution in [2.24, 2.45) is 0 Å². The van der Waals surface area contributed by atoms with Crippen LogP contribution in [0.3, 0.4) is 0 Å². The number of ether oxygens (including phenoxy) is 2. The van der Waals surface area contributed by atoms with E-state index in [0.717, 1.165) is 0 Å². The molecule has 0 bridgehead atoms. The Morgan fingerprint density at radius 1 is 1.62 bits per heavy atom. The monoisotopic (exact) mass is 201 g/mol. The van der Waals surface area contributed by atoms with Crippen molar-refractivity contribution in [1.82, 2.24) is 4.98 Å². The Morgan fingerprint density at radius 3 is 2.77 bits per heavy atom. The third kappa shape index (κ3) is 2.87. The second kappa shape index (κ2) is 5.06. The summed E-state index contributed by atoms with van der Waals surface area (Å²) in [5.41, 5.74) is 0. The van der Waals surface area contributed by atoms with Gasteiger partial charge in [0.2, 0.25) is 0 Å². The molecule has 1 aromatic heterocycles. The molecular weight excluding hydrogens is 190 g/mol. The molecule has 0 saturated heterocycles. The Kier molecular flexibility index (Phi) is 4.01. The number of Topliss-reactive ketones (excluding diaryl/α,β-unsaturated/α-hetero) is 1. The lowest BCUT2D eigenvalue weighted by atomic mass is 10.3. The first-order valence-corrected chi connectivity index (χ1v) is 4.64. The van der Waals surface area contributed by atoms with Gasteiger partial charge in [0.1, 0.15) is 0 Å². The van der Waals surface area contributed by atoms with Gasteiger partial charge in [-0.3, -0.25) is 4.79 Å². The molecule has 1 aromatic rings. The number of nitrogens with zero attached hydrogens (tertiary/aromatic N) is 1. The number of hydrogen-bond acceptors (Lipinski definition) is 5. The summed E-state index contributed by atoms with van der Waals surface area (Å²) < 4.78 is 9.80. The molecule has 0 N–H and O–H groups in total. The van der Waals surface area contributed by atoms with Crippen LogP contribution in [-0.2, 0) is 9.47 Å². The van der Waals surface area contributed by atoms with Crippen molar-refractivity contribution < 1.29 is 14.3 Å². The van der Waals surface area contributed by atoms with E-state index in [-0.39, 0.29) is 12.2 Å². The van der Waals surface area contributed by atoms with E-state index in [0.29, 0.717) is 5.01 Å². The first kappa shape index (κ1) is 10.3. The zero-order valence-corrected chi connectivity index (χ0v) is 8.34. The molecule has 13 heavy (non-hydrogen) atoms. The largest absolute Gasteiger partial charge is 0.355 e. The summed E-state index contributed by atoms with van der Waals surface area (Å²) in [6.45, 7) is 0. The summed E-state index contributed by atoms with van der Waals surface area (Å²) in [4.78, 5) is 15.3. The minimum Gasteiger partial charge on any atom is -0.355 e. The molecule has 0 atom stereocenters. The average molecular weight is 201 g/mol. The molecule has 1 rings (SSSR count). The summed E-state index contributed by atoms with van der Waals surface area (Å²) in [5, 5.41) is 2.26. The summed E-state index contributed by atoms with van der Waals surface area (Å²) in [7, 11) is 3.01. The highest BCUT2D eigenvalue weighted by atomic mass is 32.1. The fraction of sp³-hybridized carbons (Fsp3) is 0.500. The van der Waals surface area contributed by atoms with E-state index in [4.69, 9.17) is 9.47 Å². The summed E-state index contributed by atoms with van der Waals surface area (Å²) in [6.07, 6.45) is 1.34. The molecule has 0 aliphatic carbocycles. The van der Waals surface area contributed by atoms with Crippen LogP contribution in [0.5, 0.6) is 0 Å². The third-order valence-electron chi connectivity index (χ3n) is 1.55. The first-order chi connectivity index (χ1) is 6.27. The highest BCUT2D eigenvalue weighted by molar-refractivity contribution is 7.11. The fourth-order valence-corrected chi connectivity index (χ4v) is 1.45. The SMILES string of the molecule is COC(CC(=O)c1nccs1)OC. The van der Waals surface area contributed by atoms with Gasteiger partial charge in [-0.15, -0.1) is 11.3 Å². The second-order valence-electron chi connectivity index (χ2n) is 2.37. The molecule has 0 aliphatic heterocycles. The molecule has 0 aliphatic rings. The number of ketones is 1. The average Bonchev–Trinajstić information content (AvgIpc) is 2.66. The van der Waals surface area contributed by atoms with Crippen LogP contribution in [0.4, 0.5) is 0 Å². The van der Waals surface area contributed by atoms with Crippen molar-refractivity contribution in [3.63, 3.8) is 0 Å². The van der Waals surface area contributed by atoms with Crippen LogP contribution in [0.15, 0.2) is 11.6 Å². The molecule has 0 aromatic carbocycles. The topological polar surface area (TPSA) is 48.4 Å². The Bertz CT molecular complexity index is 256. The quantitative estimate of drug-likeness (QED) is 0.532. The number of hydrogen-bond donors (Lipinski definition) is 0. The summed E-state index contributed by atoms with van der Waals surface area (Å²) >= 11 is 1.32. The van der Waals surface area contributed by atoms with Crippen molar-refractivity contribution in [3.8, 4) is 0 Å². The molecule has 0 amide bonds. The Balaban J connectivity index is 2.50. The van der Waals surface area contributed by atoms with E-state index >= 15 is 0 Å². The zero-order valence-electron chi connectivity index (χ0n) is 7.52. The van der Waals surface area contributed by atoms with Gasteiger partial charge in [-0.25, -0.2) is 4.98 Å². The van der Waals surface area contributed by atoms with E-state index in [1.807, 2.05) is 0 Å². The maximum Gasteiger partial charge on any atom is 0.196 e. The van der Waals surface area contributed by atoms with Crippen LogP contribution < -0.4 is 0 Å². The standard InChI is InChI=1S/C8H11NO3S/c1-11-7(12-2)5-6(10)8-9-3-4-13-8/h3-4,7H,5H2,1-2H3. The fourth-order valence-electron chi connectivity index (χ4n) is 0.863. The van der Waals surface area contributed by atoms with E-state index < -0.39 is 6.29 Å². The van der Waals surface area contributed by atoms with Crippen molar-refractivity contribution in [2.75, 3.05) is 14.2 Å². The number of thiazole rings is 1. The van der Waals surface area contributed by atoms with Gasteiger partial charge < -0.3 is 9.47 Å². The molecule has 5 heteroatoms. The van der Waals surface area contributed by atoms with Gasteiger partial charge in [0.15, 0.2) is 17.1 Å². The Labute approximate surface area is 80.5 Å². The van der Waals surface area contributed by atoms with Gasteiger partial charge in [0, 0.05) is 25.8 Å². The lowest BCUT2D eigenvalue weighted by Gasteiger charge is -2.10. The van der Waals surface area contributed by atoms with Gasteiger partial charge in [0.05, 0.1) is 6.42 Å². The predicted molar refractivity (Wildman–Crippen MR) is 48.9 cm³/mol. The highest BCUT2D eigenvalue weighted by Gasteiger charge is 2.15. The molecule has 0 unspecified atom stereocenters. The predicted octanol–water partition coefficient (Wildman–Crippen LogP) is 1.33. The molecule has 0 radical (unpaired) electrons. The molecular formula is C8H11NO3S. The minimum atomic E-state index is -0.476. The van der Waals surface area contributed by atoms with E-state index in [1.165, 1.54) is 25.6 Å². The lowest BCUT2D eigenvalue weighted by Crippen LogP contribution is -2.17. The molecule has 0 saturated carbocycles. The van der Waals surface area contributed by atoms with Crippen molar-refractivity contribution >= 4 is 17.1 Å². The van der Waals surface area contributed by atoms with E-state index in [1.54, 1.807) is 11.6 Å². The number of carbonyl (C=O) groups is 1. The molecule has 72 valence electrons. The van der Waals surface area contributed by atoms with Crippen molar-refractivity contribution in [1.29, 1.82) is 0 Å². The Hall–Kier alpha value is -0.780. The highest BCUT2D eigenvalue weighted by Crippen LogP contribution is 2.10. The smallest absolute Gasteiger partial charge is 0.196 e. The number of carbonyl (C=O) groups excluding carboxylic acids is 1. The molecule has 4 nitrogen and oxygen atoms in total. The van der Waals surface area contributed by atoms with Gasteiger partial charge >= 0.3 is 0 Å². The molecule has 1 heterocycles. The number of rotatable bonds is 5. The number of aromatic nitrogens is 1. The molecule has 0 spiro atoms. The van der Waals surface area contributed by atoms with Crippen LogP contribution in [0.1, 0.15) is 16.2 Å². The van der Waals surface area contributed by atoms with Crippen LogP contribution in [-0.4, -0.2) is 31.3 Å². The van der Waals surface area contributed by atoms with Crippen LogP contribution in [0, 0.1) is 0 Å². The zero-order chi connectivity index (χ0) is 9.68. The van der Waals surface area contributed by atoms with E-state index in [2.05, 4.69) is 4.98 Å². The van der Waals surface area contributed by atoms with Gasteiger partial charge in [-0.2, -0.15) is 0 Å². The summed E-state index contributed by atoms with van der Waals surface area (Å²) in [6, 6.07) is 0. The van der Waals surface area contributed by atoms with Crippen molar-refractivity contribution in [2.45, 2.75) is 12.7 Å². The second-order valence-corrected chi connectivity index (χ2v) is 3.26. The lowest BCUT2D eigenvalue weighted by molar-refractivity contribution is -0.0993. The summed E-state index contributed by atoms with van der Waals surface area (Å²) in [5.74, 6) is -0.0521. The van der Waals surface area contributed by atoms with Gasteiger partial charge in [-0.05, 0) is 0 Å².